The molecule has 0 spiro atoms. The van der Waals surface area contributed by atoms with Crippen molar-refractivity contribution in [3.63, 3.8) is 0 Å². The number of hydrogen-bond donors (Lipinski definition) is 2. The van der Waals surface area contributed by atoms with Crippen LogP contribution in [0.3, 0.4) is 0 Å². The molecule has 5 nitrogen and oxygen atoms in total. The summed E-state index contributed by atoms with van der Waals surface area (Å²) in [4.78, 5) is 22.8. The van der Waals surface area contributed by atoms with Crippen LogP contribution in [0.1, 0.15) is 33.1 Å². The van der Waals surface area contributed by atoms with E-state index >= 15 is 0 Å². The van der Waals surface area contributed by atoms with E-state index in [0.717, 1.165) is 12.8 Å². The van der Waals surface area contributed by atoms with Gasteiger partial charge in [0.1, 0.15) is 0 Å². The Morgan fingerprint density at radius 1 is 1.35 bits per heavy atom. The number of amides is 1. The minimum atomic E-state index is -0.879. The Morgan fingerprint density at radius 3 is 2.41 bits per heavy atom. The van der Waals surface area contributed by atoms with Gasteiger partial charge >= 0.3 is 5.97 Å². The van der Waals surface area contributed by atoms with E-state index in [0.29, 0.717) is 13.2 Å². The standard InChI is InChI=1S/C12H21NO4/c1-8(2)13-11(14)7-10(12(15)16)9-3-5-17-6-4-9/h8-10H,3-7H2,1-2H3,(H,13,14)(H,15,16). The van der Waals surface area contributed by atoms with E-state index in [2.05, 4.69) is 5.32 Å². The number of carbonyl (C=O) groups excluding carboxylic acids is 1. The molecule has 98 valence electrons. The molecule has 1 atom stereocenters. The van der Waals surface area contributed by atoms with Crippen LogP contribution in [0.15, 0.2) is 0 Å². The number of ether oxygens (including phenoxy) is 1. The van der Waals surface area contributed by atoms with Gasteiger partial charge in [0, 0.05) is 25.7 Å². The molecule has 5 heteroatoms. The summed E-state index contributed by atoms with van der Waals surface area (Å²) < 4.78 is 5.21. The van der Waals surface area contributed by atoms with Gasteiger partial charge in [-0.05, 0) is 32.6 Å². The molecule has 1 fully saturated rings. The number of carboxylic acid groups (broad SMARTS) is 1. The van der Waals surface area contributed by atoms with Gasteiger partial charge in [0.25, 0.3) is 0 Å². The monoisotopic (exact) mass is 243 g/mol. The minimum absolute atomic E-state index is 0.0478. The third kappa shape index (κ3) is 4.73. The molecule has 0 bridgehead atoms. The van der Waals surface area contributed by atoms with Crippen LogP contribution in [0.4, 0.5) is 0 Å². The highest BCUT2D eigenvalue weighted by Gasteiger charge is 2.31. The van der Waals surface area contributed by atoms with Crippen molar-refractivity contribution in [3.05, 3.63) is 0 Å². The molecule has 0 aromatic carbocycles. The second-order valence-corrected chi connectivity index (χ2v) is 4.82. The first-order valence-corrected chi connectivity index (χ1v) is 6.10. The van der Waals surface area contributed by atoms with Crippen LogP contribution in [0.2, 0.25) is 0 Å². The lowest BCUT2D eigenvalue weighted by Crippen LogP contribution is -2.36. The second-order valence-electron chi connectivity index (χ2n) is 4.82. The van der Waals surface area contributed by atoms with Gasteiger partial charge in [0.2, 0.25) is 5.91 Å². The Morgan fingerprint density at radius 2 is 1.94 bits per heavy atom. The molecule has 1 aliphatic rings. The van der Waals surface area contributed by atoms with Crippen LogP contribution in [0, 0.1) is 11.8 Å². The molecule has 1 heterocycles. The first-order valence-electron chi connectivity index (χ1n) is 6.10. The summed E-state index contributed by atoms with van der Waals surface area (Å²) in [5, 5.41) is 11.9. The number of hydrogen-bond acceptors (Lipinski definition) is 3. The molecule has 1 amide bonds. The molecule has 1 aliphatic heterocycles. The molecule has 1 unspecified atom stereocenters. The summed E-state index contributed by atoms with van der Waals surface area (Å²) >= 11 is 0. The Labute approximate surface area is 102 Å². The molecule has 0 radical (unpaired) electrons. The van der Waals surface area contributed by atoms with Crippen molar-refractivity contribution >= 4 is 11.9 Å². The molecular weight excluding hydrogens is 222 g/mol. The first kappa shape index (κ1) is 14.0. The maximum absolute atomic E-state index is 11.6. The highest BCUT2D eigenvalue weighted by Crippen LogP contribution is 2.26. The largest absolute Gasteiger partial charge is 0.481 e. The molecule has 1 saturated heterocycles. The Hall–Kier alpha value is -1.10. The number of carbonyl (C=O) groups is 2. The lowest BCUT2D eigenvalue weighted by atomic mass is 9.83. The van der Waals surface area contributed by atoms with Gasteiger partial charge in [-0.25, -0.2) is 0 Å². The predicted molar refractivity (Wildman–Crippen MR) is 62.6 cm³/mol. The SMILES string of the molecule is CC(C)NC(=O)CC(C(=O)O)C1CCOCC1. The van der Waals surface area contributed by atoms with Crippen molar-refractivity contribution in [2.24, 2.45) is 11.8 Å². The zero-order valence-corrected chi connectivity index (χ0v) is 10.4. The lowest BCUT2D eigenvalue weighted by molar-refractivity contribution is -0.147. The molecule has 17 heavy (non-hydrogen) atoms. The highest BCUT2D eigenvalue weighted by atomic mass is 16.5. The van der Waals surface area contributed by atoms with E-state index in [-0.39, 0.29) is 24.3 Å². The van der Waals surface area contributed by atoms with E-state index in [4.69, 9.17) is 4.74 Å². The van der Waals surface area contributed by atoms with Crippen LogP contribution >= 0.6 is 0 Å². The molecule has 0 aliphatic carbocycles. The van der Waals surface area contributed by atoms with Crippen molar-refractivity contribution in [2.75, 3.05) is 13.2 Å². The fraction of sp³-hybridized carbons (Fsp3) is 0.833. The third-order valence-corrected chi connectivity index (χ3v) is 3.01. The quantitative estimate of drug-likeness (QED) is 0.756. The first-order chi connectivity index (χ1) is 8.00. The summed E-state index contributed by atoms with van der Waals surface area (Å²) in [5.74, 6) is -1.59. The lowest BCUT2D eigenvalue weighted by Gasteiger charge is -2.27. The molecule has 0 saturated carbocycles. The average Bonchev–Trinajstić information content (AvgIpc) is 2.25. The van der Waals surface area contributed by atoms with Gasteiger partial charge in [-0.2, -0.15) is 0 Å². The van der Waals surface area contributed by atoms with E-state index in [9.17, 15) is 14.7 Å². The summed E-state index contributed by atoms with van der Waals surface area (Å²) in [5.41, 5.74) is 0. The van der Waals surface area contributed by atoms with Gasteiger partial charge in [0.05, 0.1) is 5.92 Å². The smallest absolute Gasteiger partial charge is 0.307 e. The van der Waals surface area contributed by atoms with Crippen LogP contribution in [-0.2, 0) is 14.3 Å². The van der Waals surface area contributed by atoms with Crippen molar-refractivity contribution in [1.29, 1.82) is 0 Å². The summed E-state index contributed by atoms with van der Waals surface area (Å²) in [7, 11) is 0. The zero-order chi connectivity index (χ0) is 12.8. The van der Waals surface area contributed by atoms with Crippen molar-refractivity contribution < 1.29 is 19.4 Å². The molecule has 0 aromatic heterocycles. The normalized spacial score (nSPS) is 19.0. The fourth-order valence-corrected chi connectivity index (χ4v) is 2.15. The van der Waals surface area contributed by atoms with Crippen LogP contribution in [0.25, 0.3) is 0 Å². The van der Waals surface area contributed by atoms with Crippen molar-refractivity contribution in [2.45, 2.75) is 39.2 Å². The maximum Gasteiger partial charge on any atom is 0.307 e. The van der Waals surface area contributed by atoms with Gasteiger partial charge in [0.15, 0.2) is 0 Å². The Kier molecular flexibility index (Phi) is 5.41. The maximum atomic E-state index is 11.6. The molecular formula is C12H21NO4. The molecule has 0 aromatic rings. The molecule has 2 N–H and O–H groups in total. The predicted octanol–water partition coefficient (Wildman–Crippen LogP) is 1.03. The van der Waals surface area contributed by atoms with Gasteiger partial charge < -0.3 is 15.2 Å². The van der Waals surface area contributed by atoms with Crippen LogP contribution < -0.4 is 5.32 Å². The van der Waals surface area contributed by atoms with Crippen molar-refractivity contribution in [3.8, 4) is 0 Å². The van der Waals surface area contributed by atoms with E-state index in [1.165, 1.54) is 0 Å². The van der Waals surface area contributed by atoms with Crippen molar-refractivity contribution in [1.82, 2.24) is 5.32 Å². The second kappa shape index (κ2) is 6.59. The van der Waals surface area contributed by atoms with Crippen LogP contribution in [-0.4, -0.2) is 36.2 Å². The fourth-order valence-electron chi connectivity index (χ4n) is 2.15. The van der Waals surface area contributed by atoms with Crippen LogP contribution in [0.5, 0.6) is 0 Å². The Balaban J connectivity index is 2.53. The minimum Gasteiger partial charge on any atom is -0.481 e. The average molecular weight is 243 g/mol. The number of carboxylic acids is 1. The summed E-state index contributed by atoms with van der Waals surface area (Å²) in [6.07, 6.45) is 1.52. The van der Waals surface area contributed by atoms with Gasteiger partial charge in [-0.1, -0.05) is 0 Å². The van der Waals surface area contributed by atoms with Gasteiger partial charge in [-0.15, -0.1) is 0 Å². The summed E-state index contributed by atoms with van der Waals surface area (Å²) in [6, 6.07) is 0.0478. The third-order valence-electron chi connectivity index (χ3n) is 3.01. The number of rotatable bonds is 5. The van der Waals surface area contributed by atoms with E-state index in [1.54, 1.807) is 0 Å². The van der Waals surface area contributed by atoms with Gasteiger partial charge in [-0.3, -0.25) is 9.59 Å². The van der Waals surface area contributed by atoms with E-state index < -0.39 is 11.9 Å². The molecule has 1 rings (SSSR count). The van der Waals surface area contributed by atoms with E-state index in [1.807, 2.05) is 13.8 Å². The topological polar surface area (TPSA) is 75.6 Å². The Bertz CT molecular complexity index is 272. The number of aliphatic carboxylic acids is 1. The zero-order valence-electron chi connectivity index (χ0n) is 10.4. The summed E-state index contributed by atoms with van der Waals surface area (Å²) in [6.45, 7) is 4.92. The number of nitrogens with one attached hydrogen (secondary N) is 1. The highest BCUT2D eigenvalue weighted by molar-refractivity contribution is 5.82.